The fraction of sp³-hybridized carbons (Fsp3) is 0.222. The summed E-state index contributed by atoms with van der Waals surface area (Å²) < 4.78 is 25.6. The zero-order valence-electron chi connectivity index (χ0n) is 7.13. The van der Waals surface area contributed by atoms with Crippen molar-refractivity contribution in [2.75, 3.05) is 0 Å². The van der Waals surface area contributed by atoms with Gasteiger partial charge in [-0.05, 0) is 18.6 Å². The number of carboxylic acids is 1. The molecule has 0 unspecified atom stereocenters. The van der Waals surface area contributed by atoms with Gasteiger partial charge >= 0.3 is 5.97 Å². The van der Waals surface area contributed by atoms with Crippen LogP contribution in [0, 0.1) is 11.6 Å². The highest BCUT2D eigenvalue weighted by Crippen LogP contribution is 2.23. The van der Waals surface area contributed by atoms with Gasteiger partial charge in [-0.1, -0.05) is 0 Å². The van der Waals surface area contributed by atoms with Gasteiger partial charge in [-0.25, -0.2) is 8.78 Å². The molecule has 0 atom stereocenters. The SMILES string of the molecule is O=C(O)CCc1c(O)ccc(F)c1F. The molecule has 0 aromatic heterocycles. The first-order chi connectivity index (χ1) is 6.52. The molecule has 0 spiro atoms. The van der Waals surface area contributed by atoms with E-state index in [0.717, 1.165) is 12.1 Å². The summed E-state index contributed by atoms with van der Waals surface area (Å²) in [5.41, 5.74) is -0.299. The van der Waals surface area contributed by atoms with E-state index in [1.54, 1.807) is 0 Å². The Bertz CT molecular complexity index is 363. The van der Waals surface area contributed by atoms with Crippen molar-refractivity contribution in [3.63, 3.8) is 0 Å². The first-order valence-electron chi connectivity index (χ1n) is 3.90. The van der Waals surface area contributed by atoms with Crippen LogP contribution in [-0.4, -0.2) is 16.2 Å². The van der Waals surface area contributed by atoms with Crippen LogP contribution in [0.2, 0.25) is 0 Å². The maximum Gasteiger partial charge on any atom is 0.303 e. The summed E-state index contributed by atoms with van der Waals surface area (Å²) in [6, 6.07) is 1.78. The van der Waals surface area contributed by atoms with Crippen LogP contribution < -0.4 is 0 Å². The summed E-state index contributed by atoms with van der Waals surface area (Å²) in [5, 5.41) is 17.5. The maximum absolute atomic E-state index is 13.0. The van der Waals surface area contributed by atoms with Gasteiger partial charge < -0.3 is 10.2 Å². The molecule has 76 valence electrons. The van der Waals surface area contributed by atoms with Crippen LogP contribution in [0.1, 0.15) is 12.0 Å². The summed E-state index contributed by atoms with van der Waals surface area (Å²) in [6.07, 6.45) is -0.585. The number of aliphatic carboxylic acids is 1. The third kappa shape index (κ3) is 2.18. The molecule has 0 amide bonds. The lowest BCUT2D eigenvalue weighted by Gasteiger charge is -2.04. The normalized spacial score (nSPS) is 10.1. The number of halogens is 2. The number of hydrogen-bond acceptors (Lipinski definition) is 2. The quantitative estimate of drug-likeness (QED) is 0.784. The van der Waals surface area contributed by atoms with E-state index < -0.39 is 23.4 Å². The Morgan fingerprint density at radius 2 is 2.00 bits per heavy atom. The number of carbonyl (C=O) groups is 1. The summed E-state index contributed by atoms with van der Waals surface area (Å²) in [6.45, 7) is 0. The van der Waals surface area contributed by atoms with Crippen molar-refractivity contribution in [2.45, 2.75) is 12.8 Å². The lowest BCUT2D eigenvalue weighted by Crippen LogP contribution is -2.01. The van der Waals surface area contributed by atoms with Gasteiger partial charge in [0.15, 0.2) is 11.6 Å². The van der Waals surface area contributed by atoms with Gasteiger partial charge in [0, 0.05) is 12.0 Å². The Morgan fingerprint density at radius 3 is 2.57 bits per heavy atom. The molecule has 0 saturated heterocycles. The number of hydrogen-bond donors (Lipinski definition) is 2. The largest absolute Gasteiger partial charge is 0.508 e. The van der Waals surface area contributed by atoms with Crippen LogP contribution in [0.4, 0.5) is 8.78 Å². The smallest absolute Gasteiger partial charge is 0.303 e. The summed E-state index contributed by atoms with van der Waals surface area (Å²) in [7, 11) is 0. The standard InChI is InChI=1S/C9H8F2O3/c10-6-2-3-7(12)5(9(6)11)1-4-8(13)14/h2-3,12H,1,4H2,(H,13,14). The predicted octanol–water partition coefficient (Wildman–Crippen LogP) is 1.69. The molecule has 0 bridgehead atoms. The monoisotopic (exact) mass is 202 g/mol. The molecule has 0 saturated carbocycles. The van der Waals surface area contributed by atoms with E-state index >= 15 is 0 Å². The van der Waals surface area contributed by atoms with Crippen LogP contribution in [0.25, 0.3) is 0 Å². The summed E-state index contributed by atoms with van der Waals surface area (Å²) in [4.78, 5) is 10.2. The summed E-state index contributed by atoms with van der Waals surface area (Å²) >= 11 is 0. The van der Waals surface area contributed by atoms with Crippen molar-refractivity contribution < 1.29 is 23.8 Å². The lowest BCUT2D eigenvalue weighted by atomic mass is 10.1. The molecule has 1 rings (SSSR count). The van der Waals surface area contributed by atoms with Crippen molar-refractivity contribution in [3.8, 4) is 5.75 Å². The Hall–Kier alpha value is -1.65. The maximum atomic E-state index is 13.0. The van der Waals surface area contributed by atoms with Gasteiger partial charge in [0.25, 0.3) is 0 Å². The van der Waals surface area contributed by atoms with Crippen LogP contribution in [0.15, 0.2) is 12.1 Å². The highest BCUT2D eigenvalue weighted by atomic mass is 19.2. The molecule has 0 heterocycles. The van der Waals surface area contributed by atoms with Crippen molar-refractivity contribution in [1.29, 1.82) is 0 Å². The number of benzene rings is 1. The van der Waals surface area contributed by atoms with Gasteiger partial charge in [0.05, 0.1) is 0 Å². The molecule has 1 aromatic carbocycles. The minimum atomic E-state index is -1.19. The molecule has 0 fully saturated rings. The van der Waals surface area contributed by atoms with Crippen LogP contribution in [0.3, 0.4) is 0 Å². The molecule has 5 heteroatoms. The fourth-order valence-electron chi connectivity index (χ4n) is 1.05. The molecular formula is C9H8F2O3. The number of carboxylic acid groups (broad SMARTS) is 1. The minimum Gasteiger partial charge on any atom is -0.508 e. The Balaban J connectivity index is 2.95. The Kier molecular flexibility index (Phi) is 3.01. The van der Waals surface area contributed by atoms with Gasteiger partial charge in [0.2, 0.25) is 0 Å². The second kappa shape index (κ2) is 4.04. The second-order valence-electron chi connectivity index (χ2n) is 2.75. The Morgan fingerprint density at radius 1 is 1.36 bits per heavy atom. The zero-order chi connectivity index (χ0) is 10.7. The highest BCUT2D eigenvalue weighted by Gasteiger charge is 2.13. The zero-order valence-corrected chi connectivity index (χ0v) is 7.13. The topological polar surface area (TPSA) is 57.5 Å². The lowest BCUT2D eigenvalue weighted by molar-refractivity contribution is -0.136. The molecule has 14 heavy (non-hydrogen) atoms. The first kappa shape index (κ1) is 10.4. The van der Waals surface area contributed by atoms with E-state index in [0.29, 0.717) is 0 Å². The molecule has 0 radical (unpaired) electrons. The van der Waals surface area contributed by atoms with E-state index in [1.165, 1.54) is 0 Å². The molecule has 2 N–H and O–H groups in total. The van der Waals surface area contributed by atoms with Crippen LogP contribution >= 0.6 is 0 Å². The van der Waals surface area contributed by atoms with E-state index in [4.69, 9.17) is 10.2 Å². The average molecular weight is 202 g/mol. The molecular weight excluding hydrogens is 194 g/mol. The van der Waals surface area contributed by atoms with Gasteiger partial charge in [0.1, 0.15) is 5.75 Å². The van der Waals surface area contributed by atoms with Gasteiger partial charge in [-0.3, -0.25) is 4.79 Å². The van der Waals surface area contributed by atoms with Crippen LogP contribution in [0.5, 0.6) is 5.75 Å². The van der Waals surface area contributed by atoms with E-state index in [1.807, 2.05) is 0 Å². The molecule has 0 aliphatic heterocycles. The Labute approximate surface area is 78.6 Å². The molecule has 1 aromatic rings. The predicted molar refractivity (Wildman–Crippen MR) is 44.0 cm³/mol. The third-order valence-corrected chi connectivity index (χ3v) is 1.76. The average Bonchev–Trinajstić information content (AvgIpc) is 2.11. The first-order valence-corrected chi connectivity index (χ1v) is 3.90. The third-order valence-electron chi connectivity index (χ3n) is 1.76. The molecule has 0 aliphatic rings. The van der Waals surface area contributed by atoms with Crippen molar-refractivity contribution in [3.05, 3.63) is 29.3 Å². The second-order valence-corrected chi connectivity index (χ2v) is 2.75. The number of phenols is 1. The van der Waals surface area contributed by atoms with Crippen LogP contribution in [-0.2, 0) is 11.2 Å². The molecule has 3 nitrogen and oxygen atoms in total. The van der Waals surface area contributed by atoms with Crippen molar-refractivity contribution in [2.24, 2.45) is 0 Å². The van der Waals surface area contributed by atoms with E-state index in [-0.39, 0.29) is 18.4 Å². The van der Waals surface area contributed by atoms with E-state index in [9.17, 15) is 13.6 Å². The van der Waals surface area contributed by atoms with Crippen molar-refractivity contribution >= 4 is 5.97 Å². The number of rotatable bonds is 3. The molecule has 0 aliphatic carbocycles. The van der Waals surface area contributed by atoms with E-state index in [2.05, 4.69) is 0 Å². The minimum absolute atomic E-state index is 0.231. The fourth-order valence-corrected chi connectivity index (χ4v) is 1.05. The summed E-state index contributed by atoms with van der Waals surface area (Å²) in [5.74, 6) is -3.84. The number of aromatic hydroxyl groups is 1. The van der Waals surface area contributed by atoms with Gasteiger partial charge in [-0.2, -0.15) is 0 Å². The highest BCUT2D eigenvalue weighted by molar-refractivity contribution is 5.67. The van der Waals surface area contributed by atoms with Crippen molar-refractivity contribution in [1.82, 2.24) is 0 Å². The van der Waals surface area contributed by atoms with Gasteiger partial charge in [-0.15, -0.1) is 0 Å². The number of phenolic OH excluding ortho intramolecular Hbond substituents is 1.